The maximum atomic E-state index is 12.4. The number of nitrogens with one attached hydrogen (secondary N) is 1. The minimum Gasteiger partial charge on any atom is -0.374 e. The number of rotatable bonds is 9. The monoisotopic (exact) mass is 395 g/mol. The van der Waals surface area contributed by atoms with Crippen molar-refractivity contribution in [1.29, 1.82) is 0 Å². The average Bonchev–Trinajstić information content (AvgIpc) is 2.73. The largest absolute Gasteiger partial charge is 0.374 e. The molecule has 156 valence electrons. The van der Waals surface area contributed by atoms with Crippen LogP contribution >= 0.6 is 0 Å². The zero-order chi connectivity index (χ0) is 20.5. The first kappa shape index (κ1) is 21.5. The Hall–Kier alpha value is -2.21. The summed E-state index contributed by atoms with van der Waals surface area (Å²) in [6.45, 7) is 10.5. The Labute approximate surface area is 174 Å². The van der Waals surface area contributed by atoms with Gasteiger partial charge in [-0.3, -0.25) is 14.6 Å². The van der Waals surface area contributed by atoms with Gasteiger partial charge in [-0.15, -0.1) is 0 Å². The number of benzene rings is 2. The van der Waals surface area contributed by atoms with Gasteiger partial charge in [-0.05, 0) is 30.5 Å². The Bertz CT molecular complexity index is 756. The molecule has 1 heterocycles. The van der Waals surface area contributed by atoms with Crippen molar-refractivity contribution in [3.8, 4) is 0 Å². The van der Waals surface area contributed by atoms with Crippen molar-refractivity contribution >= 4 is 5.91 Å². The standard InChI is InChI=1S/C24H33N3O2/c1-20(2)29-19-23-11-7-6-10-22(23)16-25-24(28)18-27-14-12-26(13-15-27)17-21-8-4-3-5-9-21/h3-11,20H,12-19H2,1-2H3,(H,25,28). The van der Waals surface area contributed by atoms with Crippen molar-refractivity contribution in [2.75, 3.05) is 32.7 Å². The lowest BCUT2D eigenvalue weighted by molar-refractivity contribution is -0.122. The van der Waals surface area contributed by atoms with E-state index < -0.39 is 0 Å². The van der Waals surface area contributed by atoms with Gasteiger partial charge in [-0.2, -0.15) is 0 Å². The summed E-state index contributed by atoms with van der Waals surface area (Å²) in [6.07, 6.45) is 0.193. The van der Waals surface area contributed by atoms with E-state index in [4.69, 9.17) is 4.74 Å². The molecule has 0 bridgehead atoms. The second kappa shape index (κ2) is 11.1. The molecule has 0 saturated carbocycles. The van der Waals surface area contributed by atoms with Gasteiger partial charge in [0, 0.05) is 39.3 Å². The third kappa shape index (κ3) is 7.28. The third-order valence-corrected chi connectivity index (χ3v) is 5.25. The molecule has 3 rings (SSSR count). The van der Waals surface area contributed by atoms with Crippen molar-refractivity contribution < 1.29 is 9.53 Å². The minimum absolute atomic E-state index is 0.0843. The second-order valence-electron chi connectivity index (χ2n) is 7.94. The van der Waals surface area contributed by atoms with Crippen LogP contribution in [0.25, 0.3) is 0 Å². The fourth-order valence-corrected chi connectivity index (χ4v) is 3.53. The average molecular weight is 396 g/mol. The van der Waals surface area contributed by atoms with Crippen LogP contribution in [0.15, 0.2) is 54.6 Å². The highest BCUT2D eigenvalue weighted by molar-refractivity contribution is 5.78. The molecule has 1 amide bonds. The number of amides is 1. The summed E-state index contributed by atoms with van der Waals surface area (Å²) in [5.74, 6) is 0.0843. The maximum Gasteiger partial charge on any atom is 0.234 e. The van der Waals surface area contributed by atoms with Crippen molar-refractivity contribution in [2.24, 2.45) is 0 Å². The summed E-state index contributed by atoms with van der Waals surface area (Å²) in [5, 5.41) is 3.08. The SMILES string of the molecule is CC(C)OCc1ccccc1CNC(=O)CN1CCN(Cc2ccccc2)CC1. The Balaban J connectivity index is 1.39. The van der Waals surface area contributed by atoms with Crippen molar-refractivity contribution in [3.63, 3.8) is 0 Å². The molecule has 0 aromatic heterocycles. The van der Waals surface area contributed by atoms with Gasteiger partial charge < -0.3 is 10.1 Å². The van der Waals surface area contributed by atoms with Gasteiger partial charge >= 0.3 is 0 Å². The summed E-state index contributed by atoms with van der Waals surface area (Å²) >= 11 is 0. The second-order valence-corrected chi connectivity index (χ2v) is 7.94. The fourth-order valence-electron chi connectivity index (χ4n) is 3.53. The summed E-state index contributed by atoms with van der Waals surface area (Å²) in [4.78, 5) is 17.1. The molecular formula is C24H33N3O2. The van der Waals surface area contributed by atoms with Gasteiger partial charge in [-0.25, -0.2) is 0 Å². The van der Waals surface area contributed by atoms with Gasteiger partial charge in [0.25, 0.3) is 0 Å². The molecular weight excluding hydrogens is 362 g/mol. The predicted molar refractivity (Wildman–Crippen MR) is 116 cm³/mol. The number of hydrogen-bond acceptors (Lipinski definition) is 4. The van der Waals surface area contributed by atoms with Crippen LogP contribution in [0.5, 0.6) is 0 Å². The highest BCUT2D eigenvalue weighted by Crippen LogP contribution is 2.12. The fraction of sp³-hybridized carbons (Fsp3) is 0.458. The first-order chi connectivity index (χ1) is 14.1. The van der Waals surface area contributed by atoms with Crippen LogP contribution < -0.4 is 5.32 Å². The molecule has 0 radical (unpaired) electrons. The summed E-state index contributed by atoms with van der Waals surface area (Å²) in [5.41, 5.74) is 3.60. The van der Waals surface area contributed by atoms with Crippen LogP contribution in [0, 0.1) is 0 Å². The molecule has 0 unspecified atom stereocenters. The van der Waals surface area contributed by atoms with E-state index in [1.54, 1.807) is 0 Å². The maximum absolute atomic E-state index is 12.4. The van der Waals surface area contributed by atoms with Gasteiger partial charge in [0.05, 0.1) is 19.3 Å². The van der Waals surface area contributed by atoms with Crippen molar-refractivity contribution in [1.82, 2.24) is 15.1 Å². The van der Waals surface area contributed by atoms with Crippen LogP contribution in [-0.2, 0) is 29.2 Å². The molecule has 1 saturated heterocycles. The predicted octanol–water partition coefficient (Wildman–Crippen LogP) is 3.05. The van der Waals surface area contributed by atoms with E-state index >= 15 is 0 Å². The van der Waals surface area contributed by atoms with E-state index in [2.05, 4.69) is 57.6 Å². The number of piperazine rings is 1. The van der Waals surface area contributed by atoms with Crippen LogP contribution in [0.2, 0.25) is 0 Å². The molecule has 1 aliphatic heterocycles. The number of carbonyl (C=O) groups excluding carboxylic acids is 1. The van der Waals surface area contributed by atoms with Crippen LogP contribution in [0.3, 0.4) is 0 Å². The number of hydrogen-bond donors (Lipinski definition) is 1. The molecule has 2 aromatic carbocycles. The van der Waals surface area contributed by atoms with E-state index in [1.807, 2.05) is 26.0 Å². The van der Waals surface area contributed by atoms with E-state index in [9.17, 15) is 4.79 Å². The van der Waals surface area contributed by atoms with E-state index in [-0.39, 0.29) is 12.0 Å². The summed E-state index contributed by atoms with van der Waals surface area (Å²) in [7, 11) is 0. The van der Waals surface area contributed by atoms with Crippen molar-refractivity contribution in [2.45, 2.75) is 39.6 Å². The molecule has 5 nitrogen and oxygen atoms in total. The highest BCUT2D eigenvalue weighted by Gasteiger charge is 2.19. The van der Waals surface area contributed by atoms with Crippen molar-refractivity contribution in [3.05, 3.63) is 71.3 Å². The Morgan fingerprint density at radius 3 is 2.24 bits per heavy atom. The van der Waals surface area contributed by atoms with Gasteiger partial charge in [0.2, 0.25) is 5.91 Å². The number of ether oxygens (including phenoxy) is 1. The zero-order valence-corrected chi connectivity index (χ0v) is 17.6. The van der Waals surface area contributed by atoms with Gasteiger partial charge in [-0.1, -0.05) is 54.6 Å². The zero-order valence-electron chi connectivity index (χ0n) is 17.6. The topological polar surface area (TPSA) is 44.8 Å². The molecule has 1 aliphatic rings. The Morgan fingerprint density at radius 1 is 0.931 bits per heavy atom. The van der Waals surface area contributed by atoms with Gasteiger partial charge in [0.15, 0.2) is 0 Å². The molecule has 0 atom stereocenters. The summed E-state index contributed by atoms with van der Waals surface area (Å²) < 4.78 is 5.72. The lowest BCUT2D eigenvalue weighted by Crippen LogP contribution is -2.49. The highest BCUT2D eigenvalue weighted by atomic mass is 16.5. The minimum atomic E-state index is 0.0843. The molecule has 2 aromatic rings. The normalized spacial score (nSPS) is 15.6. The van der Waals surface area contributed by atoms with E-state index in [1.165, 1.54) is 5.56 Å². The lowest BCUT2D eigenvalue weighted by Gasteiger charge is -2.34. The van der Waals surface area contributed by atoms with Gasteiger partial charge in [0.1, 0.15) is 0 Å². The number of nitrogens with zero attached hydrogens (tertiary/aromatic N) is 2. The van der Waals surface area contributed by atoms with E-state index in [0.717, 1.165) is 43.9 Å². The molecule has 1 fully saturated rings. The molecule has 5 heteroatoms. The smallest absolute Gasteiger partial charge is 0.234 e. The van der Waals surface area contributed by atoms with Crippen LogP contribution in [0.1, 0.15) is 30.5 Å². The quantitative estimate of drug-likeness (QED) is 0.709. The first-order valence-corrected chi connectivity index (χ1v) is 10.5. The Morgan fingerprint density at radius 2 is 1.55 bits per heavy atom. The van der Waals surface area contributed by atoms with Crippen LogP contribution in [0.4, 0.5) is 0 Å². The molecule has 29 heavy (non-hydrogen) atoms. The Kier molecular flexibility index (Phi) is 8.23. The molecule has 1 N–H and O–H groups in total. The number of carbonyl (C=O) groups is 1. The third-order valence-electron chi connectivity index (χ3n) is 5.25. The first-order valence-electron chi connectivity index (χ1n) is 10.5. The van der Waals surface area contributed by atoms with Crippen LogP contribution in [-0.4, -0.2) is 54.5 Å². The molecule has 0 aliphatic carbocycles. The summed E-state index contributed by atoms with van der Waals surface area (Å²) in [6, 6.07) is 18.7. The molecule has 0 spiro atoms. The lowest BCUT2D eigenvalue weighted by atomic mass is 10.1. The van der Waals surface area contributed by atoms with E-state index in [0.29, 0.717) is 19.7 Å².